The van der Waals surface area contributed by atoms with Crippen molar-refractivity contribution in [2.75, 3.05) is 39.3 Å². The number of aryl methyl sites for hydroxylation is 2. The van der Waals surface area contributed by atoms with E-state index in [1.165, 1.54) is 0 Å². The highest BCUT2D eigenvalue weighted by Crippen LogP contribution is 2.45. The third kappa shape index (κ3) is 2.98. The average molecular weight is 373 g/mol. The van der Waals surface area contributed by atoms with E-state index in [2.05, 4.69) is 18.7 Å². The Labute approximate surface area is 161 Å². The molecule has 0 unspecified atom stereocenters. The van der Waals surface area contributed by atoms with Crippen LogP contribution < -0.4 is 0 Å². The van der Waals surface area contributed by atoms with Gasteiger partial charge in [0.15, 0.2) is 0 Å². The van der Waals surface area contributed by atoms with Gasteiger partial charge in [0.2, 0.25) is 5.91 Å². The molecule has 1 aromatic heterocycles. The minimum absolute atomic E-state index is 0.00319. The summed E-state index contributed by atoms with van der Waals surface area (Å²) in [6.07, 6.45) is 2.19. The summed E-state index contributed by atoms with van der Waals surface area (Å²) in [6, 6.07) is 2.24. The minimum Gasteiger partial charge on any atom is -0.466 e. The molecule has 2 amide bonds. The smallest absolute Gasteiger partial charge is 0.257 e. The van der Waals surface area contributed by atoms with Crippen LogP contribution in [0.5, 0.6) is 0 Å². The van der Waals surface area contributed by atoms with Crippen molar-refractivity contribution in [2.45, 2.75) is 46.6 Å². The fourth-order valence-electron chi connectivity index (χ4n) is 5.20. The second-order valence-electron chi connectivity index (χ2n) is 8.89. The minimum atomic E-state index is -0.447. The molecule has 2 atom stereocenters. The van der Waals surface area contributed by atoms with E-state index in [0.717, 1.165) is 44.8 Å². The Morgan fingerprint density at radius 1 is 1.11 bits per heavy atom. The lowest BCUT2D eigenvalue weighted by molar-refractivity contribution is -0.141. The SMILES string of the molecule is Cc1cc(C(=O)N2C[C@@H]3CN(C(C)C)C[C@]3(C(=O)N3CCCC3)C2)c(C)o1. The summed E-state index contributed by atoms with van der Waals surface area (Å²) in [7, 11) is 0. The first-order valence-electron chi connectivity index (χ1n) is 10.2. The van der Waals surface area contributed by atoms with Crippen LogP contribution in [0.2, 0.25) is 0 Å². The molecule has 1 aromatic rings. The van der Waals surface area contributed by atoms with Crippen molar-refractivity contribution in [1.29, 1.82) is 0 Å². The number of amides is 2. The molecule has 3 fully saturated rings. The second kappa shape index (κ2) is 6.66. The monoisotopic (exact) mass is 373 g/mol. The van der Waals surface area contributed by atoms with Gasteiger partial charge in [-0.15, -0.1) is 0 Å². The van der Waals surface area contributed by atoms with E-state index in [-0.39, 0.29) is 17.7 Å². The number of furan rings is 1. The van der Waals surface area contributed by atoms with E-state index in [1.54, 1.807) is 0 Å². The van der Waals surface area contributed by atoms with E-state index >= 15 is 0 Å². The lowest BCUT2D eigenvalue weighted by Crippen LogP contribution is -2.49. The molecule has 0 aliphatic carbocycles. The number of hydrogen-bond acceptors (Lipinski definition) is 4. The number of nitrogens with zero attached hydrogens (tertiary/aromatic N) is 3. The first-order valence-corrected chi connectivity index (χ1v) is 10.2. The summed E-state index contributed by atoms with van der Waals surface area (Å²) in [6.45, 7) is 12.6. The van der Waals surface area contributed by atoms with Crippen LogP contribution in [0.15, 0.2) is 10.5 Å². The molecular formula is C21H31N3O3. The van der Waals surface area contributed by atoms with Crippen molar-refractivity contribution in [1.82, 2.24) is 14.7 Å². The lowest BCUT2D eigenvalue weighted by Gasteiger charge is -2.33. The van der Waals surface area contributed by atoms with Crippen LogP contribution in [0.4, 0.5) is 0 Å². The Kier molecular flexibility index (Phi) is 4.57. The average Bonchev–Trinajstić information content (AvgIpc) is 3.35. The van der Waals surface area contributed by atoms with Crippen molar-refractivity contribution in [3.8, 4) is 0 Å². The van der Waals surface area contributed by atoms with Gasteiger partial charge in [-0.05, 0) is 46.6 Å². The van der Waals surface area contributed by atoms with E-state index < -0.39 is 5.41 Å². The molecule has 3 aliphatic heterocycles. The normalized spacial score (nSPS) is 28.4. The molecule has 0 saturated carbocycles. The topological polar surface area (TPSA) is 57.0 Å². The maximum absolute atomic E-state index is 13.5. The van der Waals surface area contributed by atoms with E-state index in [9.17, 15) is 9.59 Å². The summed E-state index contributed by atoms with van der Waals surface area (Å²) in [4.78, 5) is 33.0. The molecule has 0 radical (unpaired) electrons. The quantitative estimate of drug-likeness (QED) is 0.816. The van der Waals surface area contributed by atoms with Crippen molar-refractivity contribution in [3.05, 3.63) is 23.2 Å². The molecule has 3 saturated heterocycles. The van der Waals surface area contributed by atoms with Crippen LogP contribution in [-0.2, 0) is 4.79 Å². The zero-order valence-corrected chi connectivity index (χ0v) is 17.0. The van der Waals surface area contributed by atoms with Gasteiger partial charge in [-0.3, -0.25) is 14.5 Å². The highest BCUT2D eigenvalue weighted by Gasteiger charge is 2.59. The van der Waals surface area contributed by atoms with Crippen LogP contribution in [0.25, 0.3) is 0 Å². The van der Waals surface area contributed by atoms with Crippen molar-refractivity contribution in [2.24, 2.45) is 11.3 Å². The Hall–Kier alpha value is -1.82. The van der Waals surface area contributed by atoms with Gasteiger partial charge >= 0.3 is 0 Å². The van der Waals surface area contributed by atoms with Crippen LogP contribution in [0.1, 0.15) is 48.6 Å². The maximum atomic E-state index is 13.5. The Bertz CT molecular complexity index is 750. The first kappa shape index (κ1) is 18.5. The van der Waals surface area contributed by atoms with E-state index in [4.69, 9.17) is 4.42 Å². The molecule has 0 aromatic carbocycles. The summed E-state index contributed by atoms with van der Waals surface area (Å²) >= 11 is 0. The van der Waals surface area contributed by atoms with Gasteiger partial charge < -0.3 is 14.2 Å². The van der Waals surface area contributed by atoms with E-state index in [0.29, 0.717) is 30.5 Å². The van der Waals surface area contributed by atoms with Crippen LogP contribution in [0, 0.1) is 25.2 Å². The van der Waals surface area contributed by atoms with Gasteiger partial charge in [0.1, 0.15) is 11.5 Å². The van der Waals surface area contributed by atoms with Gasteiger partial charge in [-0.2, -0.15) is 0 Å². The molecule has 4 heterocycles. The first-order chi connectivity index (χ1) is 12.8. The van der Waals surface area contributed by atoms with Crippen LogP contribution in [0.3, 0.4) is 0 Å². The van der Waals surface area contributed by atoms with Crippen LogP contribution in [-0.4, -0.2) is 71.8 Å². The Morgan fingerprint density at radius 3 is 2.41 bits per heavy atom. The fraction of sp³-hybridized carbons (Fsp3) is 0.714. The van der Waals surface area contributed by atoms with E-state index in [1.807, 2.05) is 29.7 Å². The van der Waals surface area contributed by atoms with Gasteiger partial charge in [0.25, 0.3) is 5.91 Å². The number of rotatable bonds is 3. The van der Waals surface area contributed by atoms with Crippen molar-refractivity contribution in [3.63, 3.8) is 0 Å². The summed E-state index contributed by atoms with van der Waals surface area (Å²) < 4.78 is 5.56. The van der Waals surface area contributed by atoms with Gasteiger partial charge in [0.05, 0.1) is 11.0 Å². The third-order valence-electron chi connectivity index (χ3n) is 6.74. The Morgan fingerprint density at radius 2 is 1.81 bits per heavy atom. The molecule has 0 N–H and O–H groups in total. The number of likely N-dealkylation sites (tertiary alicyclic amines) is 3. The molecule has 0 bridgehead atoms. The summed E-state index contributed by atoms with van der Waals surface area (Å²) in [5.74, 6) is 1.90. The zero-order valence-electron chi connectivity index (χ0n) is 17.0. The molecule has 3 aliphatic rings. The van der Waals surface area contributed by atoms with Crippen molar-refractivity contribution >= 4 is 11.8 Å². The highest BCUT2D eigenvalue weighted by molar-refractivity contribution is 5.96. The Balaban J connectivity index is 1.61. The fourth-order valence-corrected chi connectivity index (χ4v) is 5.20. The summed E-state index contributed by atoms with van der Waals surface area (Å²) in [5.41, 5.74) is 0.189. The molecule has 148 valence electrons. The molecule has 6 heteroatoms. The van der Waals surface area contributed by atoms with Crippen molar-refractivity contribution < 1.29 is 14.0 Å². The zero-order chi connectivity index (χ0) is 19.3. The summed E-state index contributed by atoms with van der Waals surface area (Å²) in [5, 5.41) is 0. The number of carbonyl (C=O) groups excluding carboxylic acids is 2. The molecule has 0 spiro atoms. The number of carbonyl (C=O) groups is 2. The number of fused-ring (bicyclic) bond motifs is 1. The molecular weight excluding hydrogens is 342 g/mol. The third-order valence-corrected chi connectivity index (χ3v) is 6.74. The number of hydrogen-bond donors (Lipinski definition) is 0. The van der Waals surface area contributed by atoms with Gasteiger partial charge in [0, 0.05) is 51.2 Å². The maximum Gasteiger partial charge on any atom is 0.257 e. The predicted octanol–water partition coefficient (Wildman–Crippen LogP) is 2.30. The standard InChI is InChI=1S/C21H31N3O3/c1-14(2)23-10-17-11-24(19(25)18-9-15(3)27-16(18)4)13-21(17,12-23)20(26)22-7-5-6-8-22/h9,14,17H,5-8,10-13H2,1-4H3/t17-,21-/m0/s1. The highest BCUT2D eigenvalue weighted by atomic mass is 16.3. The largest absolute Gasteiger partial charge is 0.466 e. The molecule has 27 heavy (non-hydrogen) atoms. The lowest BCUT2D eigenvalue weighted by atomic mass is 9.79. The van der Waals surface area contributed by atoms with Crippen LogP contribution >= 0.6 is 0 Å². The second-order valence-corrected chi connectivity index (χ2v) is 8.89. The molecule has 6 nitrogen and oxygen atoms in total. The predicted molar refractivity (Wildman–Crippen MR) is 103 cm³/mol. The van der Waals surface area contributed by atoms with Gasteiger partial charge in [-0.1, -0.05) is 0 Å². The van der Waals surface area contributed by atoms with Gasteiger partial charge in [-0.25, -0.2) is 0 Å². The molecule has 4 rings (SSSR count).